The van der Waals surface area contributed by atoms with Crippen LogP contribution >= 0.6 is 28.1 Å². The number of hydrogen-bond acceptors (Lipinski definition) is 5. The molecule has 0 aliphatic heterocycles. The molecular formula is C24H30BrN3O4S. The molecule has 0 saturated carbocycles. The van der Waals surface area contributed by atoms with Gasteiger partial charge in [0.2, 0.25) is 0 Å². The number of rotatable bonds is 11. The lowest BCUT2D eigenvalue weighted by Gasteiger charge is -2.22. The molecule has 0 saturated heterocycles. The first-order valence-electron chi connectivity index (χ1n) is 10.8. The van der Waals surface area contributed by atoms with Gasteiger partial charge in [0.05, 0.1) is 12.2 Å². The Kier molecular flexibility index (Phi) is 11.3. The summed E-state index contributed by atoms with van der Waals surface area (Å²) in [4.78, 5) is 27.5. The molecule has 0 spiro atoms. The van der Waals surface area contributed by atoms with E-state index >= 15 is 0 Å². The van der Waals surface area contributed by atoms with E-state index in [1.807, 2.05) is 18.7 Å². The zero-order chi connectivity index (χ0) is 24.2. The summed E-state index contributed by atoms with van der Waals surface area (Å²) in [6.45, 7) is 6.23. The molecule has 2 rings (SSSR count). The molecule has 0 bridgehead atoms. The number of ether oxygens (including phenoxy) is 2. The molecular weight excluding hydrogens is 506 g/mol. The molecule has 0 aromatic heterocycles. The van der Waals surface area contributed by atoms with E-state index < -0.39 is 5.91 Å². The molecule has 0 aliphatic carbocycles. The molecule has 9 heteroatoms. The van der Waals surface area contributed by atoms with Crippen LogP contribution in [0.2, 0.25) is 0 Å². The molecule has 2 aromatic rings. The number of amides is 2. The number of carbonyl (C=O) groups excluding carboxylic acids is 2. The summed E-state index contributed by atoms with van der Waals surface area (Å²) < 4.78 is 11.4. The Morgan fingerprint density at radius 3 is 2.45 bits per heavy atom. The fourth-order valence-corrected chi connectivity index (χ4v) is 3.71. The Balaban J connectivity index is 2.08. The van der Waals surface area contributed by atoms with Crippen LogP contribution in [-0.2, 0) is 4.74 Å². The Morgan fingerprint density at radius 1 is 1.06 bits per heavy atom. The van der Waals surface area contributed by atoms with Gasteiger partial charge in [-0.25, -0.2) is 0 Å². The molecule has 178 valence electrons. The van der Waals surface area contributed by atoms with Gasteiger partial charge in [0.15, 0.2) is 5.11 Å². The number of anilines is 1. The topological polar surface area (TPSA) is 79.9 Å². The van der Waals surface area contributed by atoms with E-state index in [1.165, 1.54) is 0 Å². The number of carbonyl (C=O) groups is 2. The Morgan fingerprint density at radius 2 is 1.79 bits per heavy atom. The minimum Gasteiger partial charge on any atom is -0.490 e. The maximum Gasteiger partial charge on any atom is 0.261 e. The van der Waals surface area contributed by atoms with Crippen molar-refractivity contribution in [3.8, 4) is 5.75 Å². The SMILES string of the molecule is CCCN(CCC)C(=O)c1cccc(NC(=S)NC(=O)c2cc(Br)ccc2OCCOC)c1. The molecule has 0 fully saturated rings. The van der Waals surface area contributed by atoms with Crippen LogP contribution in [0.15, 0.2) is 46.9 Å². The second-order valence-electron chi connectivity index (χ2n) is 7.26. The number of nitrogens with one attached hydrogen (secondary N) is 2. The lowest BCUT2D eigenvalue weighted by Crippen LogP contribution is -2.35. The smallest absolute Gasteiger partial charge is 0.261 e. The van der Waals surface area contributed by atoms with Crippen molar-refractivity contribution < 1.29 is 19.1 Å². The monoisotopic (exact) mass is 535 g/mol. The van der Waals surface area contributed by atoms with E-state index in [-0.39, 0.29) is 11.0 Å². The first kappa shape index (κ1) is 26.8. The van der Waals surface area contributed by atoms with Crippen molar-refractivity contribution in [2.24, 2.45) is 0 Å². The average Bonchev–Trinajstić information content (AvgIpc) is 2.79. The highest BCUT2D eigenvalue weighted by Crippen LogP contribution is 2.23. The number of thiocarbonyl (C=S) groups is 1. The van der Waals surface area contributed by atoms with Gasteiger partial charge in [0.1, 0.15) is 12.4 Å². The van der Waals surface area contributed by atoms with Crippen molar-refractivity contribution >= 4 is 50.8 Å². The van der Waals surface area contributed by atoms with Crippen molar-refractivity contribution in [1.29, 1.82) is 0 Å². The van der Waals surface area contributed by atoms with Crippen molar-refractivity contribution in [2.45, 2.75) is 26.7 Å². The maximum absolute atomic E-state index is 12.9. The van der Waals surface area contributed by atoms with Crippen molar-refractivity contribution in [1.82, 2.24) is 10.2 Å². The van der Waals surface area contributed by atoms with Crippen molar-refractivity contribution in [3.63, 3.8) is 0 Å². The summed E-state index contributed by atoms with van der Waals surface area (Å²) in [6.07, 6.45) is 1.79. The van der Waals surface area contributed by atoms with Crippen LogP contribution in [0.1, 0.15) is 47.4 Å². The van der Waals surface area contributed by atoms with Crippen LogP contribution in [0, 0.1) is 0 Å². The van der Waals surface area contributed by atoms with Gasteiger partial charge in [-0.1, -0.05) is 35.8 Å². The average molecular weight is 536 g/mol. The van der Waals surface area contributed by atoms with Crippen LogP contribution in [0.4, 0.5) is 5.69 Å². The molecule has 2 N–H and O–H groups in total. The van der Waals surface area contributed by atoms with E-state index in [9.17, 15) is 9.59 Å². The standard InChI is InChI=1S/C24H30BrN3O4S/c1-4-11-28(12-5-2)23(30)17-7-6-8-19(15-17)26-24(33)27-22(29)20-16-18(25)9-10-21(20)32-14-13-31-3/h6-10,15-16H,4-5,11-14H2,1-3H3,(H2,26,27,29,33). The Labute approximate surface area is 209 Å². The van der Waals surface area contributed by atoms with E-state index in [0.717, 1.165) is 17.3 Å². The van der Waals surface area contributed by atoms with Gasteiger partial charge in [-0.3, -0.25) is 14.9 Å². The normalized spacial score (nSPS) is 10.4. The molecule has 0 radical (unpaired) electrons. The predicted octanol–water partition coefficient (Wildman–Crippen LogP) is 4.86. The molecule has 0 aliphatic rings. The lowest BCUT2D eigenvalue weighted by molar-refractivity contribution is 0.0755. The highest BCUT2D eigenvalue weighted by Gasteiger charge is 2.17. The molecule has 2 aromatic carbocycles. The summed E-state index contributed by atoms with van der Waals surface area (Å²) in [5.74, 6) is -0.00936. The summed E-state index contributed by atoms with van der Waals surface area (Å²) >= 11 is 8.70. The summed E-state index contributed by atoms with van der Waals surface area (Å²) in [5.41, 5.74) is 1.52. The maximum atomic E-state index is 12.9. The van der Waals surface area contributed by atoms with Gasteiger partial charge in [0.25, 0.3) is 11.8 Å². The number of halogens is 1. The summed E-state index contributed by atoms with van der Waals surface area (Å²) in [5, 5.41) is 5.77. The zero-order valence-corrected chi connectivity index (χ0v) is 21.6. The van der Waals surface area contributed by atoms with Crippen molar-refractivity contribution in [3.05, 3.63) is 58.1 Å². The third-order valence-electron chi connectivity index (χ3n) is 4.60. The molecule has 0 heterocycles. The van der Waals surface area contributed by atoms with Gasteiger partial charge in [-0.05, 0) is 61.5 Å². The fourth-order valence-electron chi connectivity index (χ4n) is 3.14. The molecule has 7 nitrogen and oxygen atoms in total. The van der Waals surface area contributed by atoms with Gasteiger partial charge in [-0.15, -0.1) is 0 Å². The zero-order valence-electron chi connectivity index (χ0n) is 19.2. The van der Waals surface area contributed by atoms with Crippen LogP contribution in [0.25, 0.3) is 0 Å². The minimum atomic E-state index is -0.412. The fraction of sp³-hybridized carbons (Fsp3) is 0.375. The number of nitrogens with zero attached hydrogens (tertiary/aromatic N) is 1. The van der Waals surface area contributed by atoms with Gasteiger partial charge >= 0.3 is 0 Å². The number of benzene rings is 2. The number of hydrogen-bond donors (Lipinski definition) is 2. The van der Waals surface area contributed by atoms with Gasteiger partial charge < -0.3 is 19.7 Å². The van der Waals surface area contributed by atoms with E-state index in [4.69, 9.17) is 21.7 Å². The van der Waals surface area contributed by atoms with Crippen LogP contribution in [-0.4, -0.2) is 55.2 Å². The van der Waals surface area contributed by atoms with Crippen LogP contribution in [0.3, 0.4) is 0 Å². The first-order chi connectivity index (χ1) is 15.9. The molecule has 2 amide bonds. The van der Waals surface area contributed by atoms with E-state index in [0.29, 0.717) is 48.9 Å². The van der Waals surface area contributed by atoms with Crippen molar-refractivity contribution in [2.75, 3.05) is 38.7 Å². The largest absolute Gasteiger partial charge is 0.490 e. The summed E-state index contributed by atoms with van der Waals surface area (Å²) in [7, 11) is 1.58. The highest BCUT2D eigenvalue weighted by molar-refractivity contribution is 9.10. The van der Waals surface area contributed by atoms with Gasteiger partial charge in [-0.2, -0.15) is 0 Å². The first-order valence-corrected chi connectivity index (χ1v) is 12.0. The van der Waals surface area contributed by atoms with E-state index in [2.05, 4.69) is 26.6 Å². The minimum absolute atomic E-state index is 0.0238. The molecule has 0 unspecified atom stereocenters. The summed E-state index contributed by atoms with van der Waals surface area (Å²) in [6, 6.07) is 12.2. The third-order valence-corrected chi connectivity index (χ3v) is 5.30. The lowest BCUT2D eigenvalue weighted by atomic mass is 10.1. The quantitative estimate of drug-likeness (QED) is 0.316. The number of methoxy groups -OCH3 is 1. The predicted molar refractivity (Wildman–Crippen MR) is 138 cm³/mol. The third kappa shape index (κ3) is 8.42. The van der Waals surface area contributed by atoms with E-state index in [1.54, 1.807) is 49.6 Å². The Hall–Kier alpha value is -2.49. The second-order valence-corrected chi connectivity index (χ2v) is 8.59. The molecule has 0 atom stereocenters. The van der Waals surface area contributed by atoms with Gasteiger partial charge in [0, 0.05) is 35.9 Å². The van der Waals surface area contributed by atoms with Crippen LogP contribution < -0.4 is 15.4 Å². The molecule has 33 heavy (non-hydrogen) atoms. The second kappa shape index (κ2) is 13.9. The highest BCUT2D eigenvalue weighted by atomic mass is 79.9. The Bertz CT molecular complexity index is 964. The van der Waals surface area contributed by atoms with Crippen LogP contribution in [0.5, 0.6) is 5.75 Å².